The van der Waals surface area contributed by atoms with E-state index in [9.17, 15) is 9.59 Å². The first-order chi connectivity index (χ1) is 12.6. The van der Waals surface area contributed by atoms with E-state index >= 15 is 0 Å². The molecular weight excluding hydrogens is 332 g/mol. The Morgan fingerprint density at radius 1 is 1.19 bits per heavy atom. The average Bonchev–Trinajstić information content (AvgIpc) is 3.49. The van der Waals surface area contributed by atoms with E-state index in [1.54, 1.807) is 0 Å². The van der Waals surface area contributed by atoms with Crippen molar-refractivity contribution in [1.82, 2.24) is 9.80 Å². The Morgan fingerprint density at radius 2 is 1.96 bits per heavy atom. The van der Waals surface area contributed by atoms with Crippen molar-refractivity contribution in [3.63, 3.8) is 0 Å². The largest absolute Gasteiger partial charge is 0.491 e. The minimum atomic E-state index is 0.0178. The summed E-state index contributed by atoms with van der Waals surface area (Å²) in [6.45, 7) is 5.43. The normalized spacial score (nSPS) is 23.0. The molecule has 6 heteroatoms. The van der Waals surface area contributed by atoms with Crippen LogP contribution in [0.1, 0.15) is 42.1 Å². The molecule has 1 saturated carbocycles. The van der Waals surface area contributed by atoms with Crippen LogP contribution in [0.5, 0.6) is 5.75 Å². The van der Waals surface area contributed by atoms with Gasteiger partial charge in [-0.3, -0.25) is 9.59 Å². The van der Waals surface area contributed by atoms with Crippen LogP contribution in [0.4, 0.5) is 0 Å². The highest BCUT2D eigenvalue weighted by Crippen LogP contribution is 2.34. The molecule has 1 saturated heterocycles. The van der Waals surface area contributed by atoms with Gasteiger partial charge in [0, 0.05) is 37.2 Å². The third kappa shape index (κ3) is 3.70. The molecule has 3 aliphatic rings. The van der Waals surface area contributed by atoms with Crippen molar-refractivity contribution in [2.24, 2.45) is 5.92 Å². The molecule has 0 aromatic heterocycles. The number of hydrogen-bond acceptors (Lipinski definition) is 4. The van der Waals surface area contributed by atoms with Crippen molar-refractivity contribution >= 4 is 11.8 Å². The predicted molar refractivity (Wildman–Crippen MR) is 96.0 cm³/mol. The fourth-order valence-corrected chi connectivity index (χ4v) is 3.59. The minimum absolute atomic E-state index is 0.0178. The van der Waals surface area contributed by atoms with Gasteiger partial charge in [0.1, 0.15) is 12.4 Å². The molecule has 2 amide bonds. The summed E-state index contributed by atoms with van der Waals surface area (Å²) in [6.07, 6.45) is 2.96. The number of carbonyl (C=O) groups is 2. The molecule has 4 rings (SSSR count). The molecule has 1 atom stereocenters. The smallest absolute Gasteiger partial charge is 0.254 e. The SMILES string of the molecule is C[C@H]1COc2ccc(C(=O)N3CCOCC3)cc2CN1C(=O)CC1CC1. The van der Waals surface area contributed by atoms with Crippen molar-refractivity contribution in [1.29, 1.82) is 0 Å². The maximum absolute atomic E-state index is 12.8. The van der Waals surface area contributed by atoms with Gasteiger partial charge < -0.3 is 19.3 Å². The summed E-state index contributed by atoms with van der Waals surface area (Å²) >= 11 is 0. The standard InChI is InChI=1S/C20H26N2O4/c1-14-13-26-18-5-4-16(20(24)21-6-8-25-9-7-21)11-17(18)12-22(14)19(23)10-15-2-3-15/h4-5,11,14-15H,2-3,6-10,12-13H2,1H3/t14-/m0/s1. The Kier molecular flexibility index (Phi) is 4.85. The van der Waals surface area contributed by atoms with Crippen LogP contribution >= 0.6 is 0 Å². The number of carbonyl (C=O) groups excluding carboxylic acids is 2. The highest BCUT2D eigenvalue weighted by atomic mass is 16.5. The lowest BCUT2D eigenvalue weighted by Gasteiger charge is -2.27. The van der Waals surface area contributed by atoms with Crippen molar-refractivity contribution in [2.45, 2.75) is 38.8 Å². The highest BCUT2D eigenvalue weighted by molar-refractivity contribution is 5.94. The van der Waals surface area contributed by atoms with Gasteiger partial charge in [-0.25, -0.2) is 0 Å². The summed E-state index contributed by atoms with van der Waals surface area (Å²) in [7, 11) is 0. The second-order valence-electron chi connectivity index (χ2n) is 7.56. The number of rotatable bonds is 3. The number of hydrogen-bond donors (Lipinski definition) is 0. The van der Waals surface area contributed by atoms with Gasteiger partial charge in [0.2, 0.25) is 5.91 Å². The Balaban J connectivity index is 1.53. The van der Waals surface area contributed by atoms with Crippen LogP contribution in [0.3, 0.4) is 0 Å². The number of amides is 2. The molecule has 2 fully saturated rings. The Bertz CT molecular complexity index is 695. The van der Waals surface area contributed by atoms with Crippen molar-refractivity contribution in [3.8, 4) is 5.75 Å². The molecule has 6 nitrogen and oxygen atoms in total. The monoisotopic (exact) mass is 358 g/mol. The lowest BCUT2D eigenvalue weighted by molar-refractivity contribution is -0.134. The molecular formula is C20H26N2O4. The maximum atomic E-state index is 12.8. The molecule has 1 aromatic rings. The number of nitrogens with zero attached hydrogens (tertiary/aromatic N) is 2. The first-order valence-corrected chi connectivity index (χ1v) is 9.54. The van der Waals surface area contributed by atoms with Crippen LogP contribution in [0.25, 0.3) is 0 Å². The summed E-state index contributed by atoms with van der Waals surface area (Å²) in [5, 5.41) is 0. The number of fused-ring (bicyclic) bond motifs is 1. The van der Waals surface area contributed by atoms with E-state index in [1.165, 1.54) is 12.8 Å². The lowest BCUT2D eigenvalue weighted by atomic mass is 10.1. The molecule has 26 heavy (non-hydrogen) atoms. The Hall–Kier alpha value is -2.08. The summed E-state index contributed by atoms with van der Waals surface area (Å²) < 4.78 is 11.2. The zero-order valence-electron chi connectivity index (χ0n) is 15.3. The van der Waals surface area contributed by atoms with E-state index in [4.69, 9.17) is 9.47 Å². The average molecular weight is 358 g/mol. The van der Waals surface area contributed by atoms with Crippen molar-refractivity contribution in [2.75, 3.05) is 32.9 Å². The molecule has 2 heterocycles. The molecule has 0 radical (unpaired) electrons. The van der Waals surface area contributed by atoms with Crippen LogP contribution in [0, 0.1) is 5.92 Å². The van der Waals surface area contributed by atoms with Gasteiger partial charge in [-0.15, -0.1) is 0 Å². The van der Waals surface area contributed by atoms with Gasteiger partial charge in [0.05, 0.1) is 19.3 Å². The number of benzene rings is 1. The van der Waals surface area contributed by atoms with E-state index < -0.39 is 0 Å². The highest BCUT2D eigenvalue weighted by Gasteiger charge is 2.31. The molecule has 0 bridgehead atoms. The zero-order valence-corrected chi connectivity index (χ0v) is 15.3. The summed E-state index contributed by atoms with van der Waals surface area (Å²) in [5.41, 5.74) is 1.57. The lowest BCUT2D eigenvalue weighted by Crippen LogP contribution is -2.41. The third-order valence-corrected chi connectivity index (χ3v) is 5.44. The maximum Gasteiger partial charge on any atom is 0.254 e. The molecule has 0 unspecified atom stereocenters. The molecule has 140 valence electrons. The van der Waals surface area contributed by atoms with Gasteiger partial charge in [0.25, 0.3) is 5.91 Å². The topological polar surface area (TPSA) is 59.1 Å². The van der Waals surface area contributed by atoms with E-state index in [0.29, 0.717) is 57.4 Å². The number of morpholine rings is 1. The van der Waals surface area contributed by atoms with Crippen LogP contribution in [0.15, 0.2) is 18.2 Å². The number of ether oxygens (including phenoxy) is 2. The van der Waals surface area contributed by atoms with E-state index in [-0.39, 0.29) is 17.9 Å². The Morgan fingerprint density at radius 3 is 2.69 bits per heavy atom. The van der Waals surface area contributed by atoms with Gasteiger partial charge in [0.15, 0.2) is 0 Å². The minimum Gasteiger partial charge on any atom is -0.491 e. The first-order valence-electron chi connectivity index (χ1n) is 9.54. The molecule has 1 aliphatic carbocycles. The van der Waals surface area contributed by atoms with Crippen molar-refractivity contribution in [3.05, 3.63) is 29.3 Å². The van der Waals surface area contributed by atoms with Crippen LogP contribution in [-0.2, 0) is 16.1 Å². The van der Waals surface area contributed by atoms with Gasteiger partial charge in [-0.1, -0.05) is 0 Å². The van der Waals surface area contributed by atoms with Gasteiger partial charge in [-0.2, -0.15) is 0 Å². The quantitative estimate of drug-likeness (QED) is 0.830. The van der Waals surface area contributed by atoms with Gasteiger partial charge in [-0.05, 0) is 43.9 Å². The molecule has 0 N–H and O–H groups in total. The molecule has 0 spiro atoms. The second kappa shape index (κ2) is 7.27. The summed E-state index contributed by atoms with van der Waals surface area (Å²) in [6, 6.07) is 5.61. The fraction of sp³-hybridized carbons (Fsp3) is 0.600. The van der Waals surface area contributed by atoms with Crippen LogP contribution < -0.4 is 4.74 Å². The first kappa shape index (κ1) is 17.3. The van der Waals surface area contributed by atoms with E-state index in [0.717, 1.165) is 11.3 Å². The van der Waals surface area contributed by atoms with E-state index in [1.807, 2.05) is 34.9 Å². The zero-order chi connectivity index (χ0) is 18.1. The predicted octanol–water partition coefficient (Wildman–Crippen LogP) is 2.07. The second-order valence-corrected chi connectivity index (χ2v) is 7.56. The Labute approximate surface area is 154 Å². The summed E-state index contributed by atoms with van der Waals surface area (Å²) in [4.78, 5) is 29.2. The molecule has 1 aromatic carbocycles. The van der Waals surface area contributed by atoms with Crippen LogP contribution in [0.2, 0.25) is 0 Å². The van der Waals surface area contributed by atoms with Crippen LogP contribution in [-0.4, -0.2) is 60.6 Å². The molecule has 2 aliphatic heterocycles. The van der Waals surface area contributed by atoms with Crippen molar-refractivity contribution < 1.29 is 19.1 Å². The fourth-order valence-electron chi connectivity index (χ4n) is 3.59. The van der Waals surface area contributed by atoms with E-state index in [2.05, 4.69) is 0 Å². The third-order valence-electron chi connectivity index (χ3n) is 5.44. The summed E-state index contributed by atoms with van der Waals surface area (Å²) in [5.74, 6) is 1.55. The van der Waals surface area contributed by atoms with Gasteiger partial charge >= 0.3 is 0 Å².